The number of phenols is 1. The number of halogens is 1. The molecule has 0 spiro atoms. The average Bonchev–Trinajstić information content (AvgIpc) is 3.35. The second-order valence-corrected chi connectivity index (χ2v) is 10.5. The molecule has 2 N–H and O–H groups in total. The van der Waals surface area contributed by atoms with Gasteiger partial charge in [-0.3, -0.25) is 0 Å². The van der Waals surface area contributed by atoms with E-state index < -0.39 is 0 Å². The van der Waals surface area contributed by atoms with Crippen molar-refractivity contribution in [1.82, 2.24) is 9.78 Å². The van der Waals surface area contributed by atoms with Gasteiger partial charge in [-0.2, -0.15) is 5.10 Å². The monoisotopic (exact) mass is 574 g/mol. The molecule has 0 saturated heterocycles. The molecule has 42 heavy (non-hydrogen) atoms. The smallest absolute Gasteiger partial charge is 0.179 e. The summed E-state index contributed by atoms with van der Waals surface area (Å²) in [6.07, 6.45) is 0. The molecule has 1 aromatic heterocycles. The van der Waals surface area contributed by atoms with Gasteiger partial charge >= 0.3 is 0 Å². The topological polar surface area (TPSA) is 87.3 Å². The minimum Gasteiger partial charge on any atom is -0.504 e. The minimum absolute atomic E-state index is 0.0907. The molecule has 0 aliphatic carbocycles. The van der Waals surface area contributed by atoms with E-state index in [1.165, 1.54) is 0 Å². The Morgan fingerprint density at radius 1 is 0.929 bits per heavy atom. The summed E-state index contributed by atoms with van der Waals surface area (Å²) < 4.78 is 7.69. The number of phenolic OH excluding ortho intramolecular Hbond substituents is 1. The van der Waals surface area contributed by atoms with Crippen LogP contribution in [0.4, 0.5) is 22.9 Å². The highest BCUT2D eigenvalue weighted by Gasteiger charge is 2.41. The maximum absolute atomic E-state index is 10.6. The van der Waals surface area contributed by atoms with Crippen LogP contribution in [0, 0.1) is 6.92 Å². The molecule has 7 rings (SSSR count). The molecule has 5 aromatic rings. The number of para-hydroxylation sites is 3. The van der Waals surface area contributed by atoms with Crippen LogP contribution in [0.1, 0.15) is 29.8 Å². The van der Waals surface area contributed by atoms with Crippen molar-refractivity contribution in [3.05, 3.63) is 119 Å². The number of benzene rings is 4. The molecule has 9 heteroatoms. The van der Waals surface area contributed by atoms with Crippen molar-refractivity contribution in [2.75, 3.05) is 16.8 Å². The van der Waals surface area contributed by atoms with E-state index in [1.54, 1.807) is 6.07 Å². The predicted molar refractivity (Wildman–Crippen MR) is 168 cm³/mol. The van der Waals surface area contributed by atoms with E-state index in [2.05, 4.69) is 10.2 Å². The van der Waals surface area contributed by atoms with Crippen molar-refractivity contribution in [3.63, 3.8) is 0 Å². The fourth-order valence-electron chi connectivity index (χ4n) is 5.50. The fraction of sp³-hybridized carbons (Fsp3) is 0.121. The fourth-order valence-corrected chi connectivity index (χ4v) is 5.63. The van der Waals surface area contributed by atoms with Crippen LogP contribution >= 0.6 is 11.6 Å². The molecule has 1 unspecified atom stereocenters. The number of amidine groups is 2. The quantitative estimate of drug-likeness (QED) is 0.224. The minimum atomic E-state index is -0.344. The Balaban J connectivity index is 1.49. The van der Waals surface area contributed by atoms with E-state index in [1.807, 2.05) is 110 Å². The second kappa shape index (κ2) is 10.4. The lowest BCUT2D eigenvalue weighted by Gasteiger charge is -2.40. The number of nitrogens with zero attached hydrogens (tertiary/aromatic N) is 5. The molecule has 8 nitrogen and oxygen atoms in total. The molecule has 0 fully saturated rings. The Labute approximate surface area is 248 Å². The van der Waals surface area contributed by atoms with Gasteiger partial charge in [-0.25, -0.2) is 14.7 Å². The summed E-state index contributed by atoms with van der Waals surface area (Å²) in [5, 5.41) is 19.7. The highest BCUT2D eigenvalue weighted by molar-refractivity contribution is 6.51. The third-order valence-corrected chi connectivity index (χ3v) is 7.60. The molecule has 0 bridgehead atoms. The molecule has 208 valence electrons. The van der Waals surface area contributed by atoms with Gasteiger partial charge < -0.3 is 20.1 Å². The number of rotatable bonds is 5. The maximum Gasteiger partial charge on any atom is 0.179 e. The Kier molecular flexibility index (Phi) is 6.40. The number of anilines is 2. The summed E-state index contributed by atoms with van der Waals surface area (Å²) in [6, 6.07) is 30.6. The SMILES string of the molecule is CCOc1cc(C2c3c(C)nn(-c4ccccc4)c3N=C3C(Nc4ccc(Cl)cc4)=Nc4ccccc4N32)ccc1O. The van der Waals surface area contributed by atoms with Crippen molar-refractivity contribution >= 4 is 46.2 Å². The zero-order valence-electron chi connectivity index (χ0n) is 23.0. The van der Waals surface area contributed by atoms with E-state index >= 15 is 0 Å². The Morgan fingerprint density at radius 2 is 1.69 bits per heavy atom. The summed E-state index contributed by atoms with van der Waals surface area (Å²) >= 11 is 6.17. The zero-order valence-corrected chi connectivity index (χ0v) is 23.7. The van der Waals surface area contributed by atoms with Gasteiger partial charge in [-0.15, -0.1) is 0 Å². The predicted octanol–water partition coefficient (Wildman–Crippen LogP) is 7.73. The van der Waals surface area contributed by atoms with E-state index in [0.717, 1.165) is 39.6 Å². The number of aromatic hydroxyl groups is 1. The molecule has 1 atom stereocenters. The van der Waals surface area contributed by atoms with Crippen LogP contribution in [0.15, 0.2) is 107 Å². The summed E-state index contributed by atoms with van der Waals surface area (Å²) in [4.78, 5) is 12.5. The number of nitrogens with one attached hydrogen (secondary N) is 1. The number of fused-ring (bicyclic) bond motifs is 4. The van der Waals surface area contributed by atoms with E-state index in [0.29, 0.717) is 34.9 Å². The van der Waals surface area contributed by atoms with E-state index in [-0.39, 0.29) is 11.8 Å². The molecule has 0 amide bonds. The molecular formula is C33H27ClN6O2. The van der Waals surface area contributed by atoms with E-state index in [4.69, 9.17) is 31.4 Å². The van der Waals surface area contributed by atoms with Crippen molar-refractivity contribution in [2.45, 2.75) is 19.9 Å². The summed E-state index contributed by atoms with van der Waals surface area (Å²) in [7, 11) is 0. The highest BCUT2D eigenvalue weighted by atomic mass is 35.5. The van der Waals surface area contributed by atoms with Crippen molar-refractivity contribution in [3.8, 4) is 17.2 Å². The van der Waals surface area contributed by atoms with Crippen LogP contribution < -0.4 is 15.0 Å². The van der Waals surface area contributed by atoms with Gasteiger partial charge in [0.15, 0.2) is 29.0 Å². The number of aromatic nitrogens is 2. The standard InChI is InChI=1S/C33H27ClN6O2/c1-3-42-28-19-21(13-18-27(28)41)30-29-20(2)38-40(24-9-5-4-6-10-24)32(29)37-33-31(35-23-16-14-22(34)15-17-23)36-25-11-7-8-12-26(25)39(30)33/h4-19,30,41H,3H2,1-2H3,(H,35,36). The summed E-state index contributed by atoms with van der Waals surface area (Å²) in [6.45, 7) is 4.33. The Morgan fingerprint density at radius 3 is 2.48 bits per heavy atom. The first kappa shape index (κ1) is 25.9. The average molecular weight is 575 g/mol. The Hall–Kier alpha value is -5.08. The van der Waals surface area contributed by atoms with E-state index in [9.17, 15) is 5.11 Å². The molecule has 2 aliphatic rings. The van der Waals surface area contributed by atoms with Crippen molar-refractivity contribution in [2.24, 2.45) is 9.98 Å². The number of hydrogen-bond donors (Lipinski definition) is 2. The van der Waals surface area contributed by atoms with Gasteiger partial charge in [-0.05, 0) is 80.1 Å². The van der Waals surface area contributed by atoms with Crippen molar-refractivity contribution in [1.29, 1.82) is 0 Å². The molecule has 0 radical (unpaired) electrons. The Bertz CT molecular complexity index is 1860. The number of aliphatic imine (C=N–C) groups is 2. The maximum atomic E-state index is 10.6. The molecule has 0 saturated carbocycles. The summed E-state index contributed by atoms with van der Waals surface area (Å²) in [5.41, 5.74) is 6.17. The first-order chi connectivity index (χ1) is 20.5. The van der Waals surface area contributed by atoms with Gasteiger partial charge in [-0.1, -0.05) is 48.0 Å². The third-order valence-electron chi connectivity index (χ3n) is 7.35. The molecular weight excluding hydrogens is 548 g/mol. The lowest BCUT2D eigenvalue weighted by molar-refractivity contribution is 0.317. The lowest BCUT2D eigenvalue weighted by Crippen LogP contribution is -2.46. The van der Waals surface area contributed by atoms with Gasteiger partial charge in [0.05, 0.1) is 35.4 Å². The van der Waals surface area contributed by atoms with Crippen LogP contribution in [0.3, 0.4) is 0 Å². The highest BCUT2D eigenvalue weighted by Crippen LogP contribution is 2.49. The zero-order chi connectivity index (χ0) is 28.8. The first-order valence-electron chi connectivity index (χ1n) is 13.7. The van der Waals surface area contributed by atoms with Crippen molar-refractivity contribution < 1.29 is 9.84 Å². The first-order valence-corrected chi connectivity index (χ1v) is 14.1. The number of aryl methyl sites for hydroxylation is 1. The second-order valence-electron chi connectivity index (χ2n) is 10.0. The van der Waals surface area contributed by atoms with Crippen LogP contribution in [0.5, 0.6) is 11.5 Å². The summed E-state index contributed by atoms with van der Waals surface area (Å²) in [5.74, 6) is 2.46. The van der Waals surface area contributed by atoms with Gasteiger partial charge in [0, 0.05) is 16.3 Å². The largest absolute Gasteiger partial charge is 0.504 e. The van der Waals surface area contributed by atoms with Crippen LogP contribution in [0.2, 0.25) is 5.02 Å². The lowest BCUT2D eigenvalue weighted by atomic mass is 9.93. The molecule has 4 aromatic carbocycles. The number of ether oxygens (including phenoxy) is 1. The van der Waals surface area contributed by atoms with Gasteiger partial charge in [0.1, 0.15) is 0 Å². The number of hydrogen-bond acceptors (Lipinski definition) is 7. The molecule has 3 heterocycles. The third kappa shape index (κ3) is 4.37. The van der Waals surface area contributed by atoms with Crippen LogP contribution in [-0.4, -0.2) is 33.2 Å². The van der Waals surface area contributed by atoms with Crippen LogP contribution in [-0.2, 0) is 0 Å². The van der Waals surface area contributed by atoms with Crippen LogP contribution in [0.25, 0.3) is 5.69 Å². The normalized spacial score (nSPS) is 15.2. The van der Waals surface area contributed by atoms with Gasteiger partial charge in [0.2, 0.25) is 0 Å². The van der Waals surface area contributed by atoms with Gasteiger partial charge in [0.25, 0.3) is 0 Å². The molecule has 2 aliphatic heterocycles.